The number of halogens is 2. The fourth-order valence-electron chi connectivity index (χ4n) is 4.40. The van der Waals surface area contributed by atoms with Crippen LogP contribution < -0.4 is 4.74 Å². The first-order valence-corrected chi connectivity index (χ1v) is 11.0. The van der Waals surface area contributed by atoms with Gasteiger partial charge in [-0.3, -0.25) is 0 Å². The summed E-state index contributed by atoms with van der Waals surface area (Å²) in [6.45, 7) is 2.25. The summed E-state index contributed by atoms with van der Waals surface area (Å²) in [6.07, 6.45) is 11.9. The summed E-state index contributed by atoms with van der Waals surface area (Å²) >= 11 is 0. The molecule has 3 nitrogen and oxygen atoms in total. The van der Waals surface area contributed by atoms with Gasteiger partial charge in [0.1, 0.15) is 0 Å². The van der Waals surface area contributed by atoms with E-state index >= 15 is 0 Å². The molecule has 3 rings (SSSR count). The van der Waals surface area contributed by atoms with Crippen molar-refractivity contribution in [3.05, 3.63) is 41.5 Å². The number of methoxy groups -OCH3 is 1. The van der Waals surface area contributed by atoms with Crippen LogP contribution in [0.1, 0.15) is 70.3 Å². The van der Waals surface area contributed by atoms with Crippen LogP contribution in [0.3, 0.4) is 0 Å². The molecule has 0 spiro atoms. The van der Waals surface area contributed by atoms with Crippen molar-refractivity contribution in [1.29, 1.82) is 0 Å². The van der Waals surface area contributed by atoms with Crippen LogP contribution in [0.2, 0.25) is 0 Å². The molecule has 1 fully saturated rings. The van der Waals surface area contributed by atoms with E-state index in [1.54, 1.807) is 24.3 Å². The lowest BCUT2D eigenvalue weighted by Gasteiger charge is -2.28. The Kier molecular flexibility index (Phi) is 7.96. The lowest BCUT2D eigenvalue weighted by molar-refractivity contribution is 0.248. The van der Waals surface area contributed by atoms with Crippen LogP contribution in [0.25, 0.3) is 11.3 Å². The van der Waals surface area contributed by atoms with Gasteiger partial charge in [-0.2, -0.15) is 0 Å². The molecular weight excluding hydrogens is 370 g/mol. The fourth-order valence-corrected chi connectivity index (χ4v) is 4.40. The topological polar surface area (TPSA) is 35.0 Å². The van der Waals surface area contributed by atoms with E-state index in [1.807, 2.05) is 0 Å². The molecule has 0 bridgehead atoms. The van der Waals surface area contributed by atoms with Crippen LogP contribution in [0.4, 0.5) is 8.78 Å². The van der Waals surface area contributed by atoms with Crippen molar-refractivity contribution >= 4 is 0 Å². The summed E-state index contributed by atoms with van der Waals surface area (Å²) in [4.78, 5) is 0. The van der Waals surface area contributed by atoms with E-state index in [4.69, 9.17) is 4.74 Å². The van der Waals surface area contributed by atoms with Gasteiger partial charge in [0.2, 0.25) is 5.88 Å². The number of unbranched alkanes of at least 4 members (excludes halogenated alkanes) is 2. The van der Waals surface area contributed by atoms with Gasteiger partial charge in [0.25, 0.3) is 0 Å². The second-order valence-corrected chi connectivity index (χ2v) is 8.28. The number of aromatic nitrogens is 2. The number of nitrogens with zero attached hydrogens (tertiary/aromatic N) is 2. The van der Waals surface area contributed by atoms with Gasteiger partial charge in [-0.25, -0.2) is 8.78 Å². The molecule has 0 amide bonds. The maximum absolute atomic E-state index is 14.6. The van der Waals surface area contributed by atoms with Crippen LogP contribution in [0.5, 0.6) is 5.88 Å². The van der Waals surface area contributed by atoms with Gasteiger partial charge in [-0.05, 0) is 42.4 Å². The number of hydrogen-bond acceptors (Lipinski definition) is 3. The summed E-state index contributed by atoms with van der Waals surface area (Å²) in [7, 11) is 1.48. The smallest absolute Gasteiger partial charge is 0.233 e. The first-order chi connectivity index (χ1) is 14.1. The van der Waals surface area contributed by atoms with E-state index in [-0.39, 0.29) is 5.56 Å². The van der Waals surface area contributed by atoms with E-state index in [9.17, 15) is 8.78 Å². The predicted molar refractivity (Wildman–Crippen MR) is 112 cm³/mol. The zero-order valence-corrected chi connectivity index (χ0v) is 17.6. The molecule has 5 heteroatoms. The highest BCUT2D eigenvalue weighted by Crippen LogP contribution is 2.35. The lowest BCUT2D eigenvalue weighted by Crippen LogP contribution is -2.15. The molecule has 2 aromatic rings. The van der Waals surface area contributed by atoms with Gasteiger partial charge < -0.3 is 4.74 Å². The van der Waals surface area contributed by atoms with Crippen LogP contribution in [0.15, 0.2) is 24.3 Å². The molecule has 1 saturated carbocycles. The zero-order chi connectivity index (χ0) is 20.6. The van der Waals surface area contributed by atoms with E-state index < -0.39 is 11.6 Å². The normalized spacial score (nSPS) is 19.3. The Labute approximate surface area is 172 Å². The molecule has 29 heavy (non-hydrogen) atoms. The zero-order valence-electron chi connectivity index (χ0n) is 17.6. The molecule has 1 aliphatic carbocycles. The van der Waals surface area contributed by atoms with Crippen molar-refractivity contribution in [2.24, 2.45) is 11.8 Å². The van der Waals surface area contributed by atoms with Gasteiger partial charge in [0.15, 0.2) is 11.6 Å². The molecule has 1 aromatic heterocycles. The third kappa shape index (κ3) is 5.74. The Morgan fingerprint density at radius 3 is 2.24 bits per heavy atom. The Morgan fingerprint density at radius 1 is 0.897 bits per heavy atom. The average molecular weight is 403 g/mol. The summed E-state index contributed by atoms with van der Waals surface area (Å²) in [5.41, 5.74) is 0.891. The van der Waals surface area contributed by atoms with Crippen LogP contribution in [-0.4, -0.2) is 17.3 Å². The molecule has 0 unspecified atom stereocenters. The summed E-state index contributed by atoms with van der Waals surface area (Å²) < 4.78 is 34.2. The molecule has 1 heterocycles. The van der Waals surface area contributed by atoms with Crippen molar-refractivity contribution < 1.29 is 13.5 Å². The molecular formula is C24H32F2N2O. The Bertz CT molecular complexity index is 771. The fraction of sp³-hybridized carbons (Fsp3) is 0.583. The van der Waals surface area contributed by atoms with Gasteiger partial charge in [-0.1, -0.05) is 64.4 Å². The SMILES string of the molecule is CCCCCC1CCC(CCc2ccc(-c3ccc(OC)nn3)c(F)c2F)CC1. The molecule has 0 aliphatic heterocycles. The lowest BCUT2D eigenvalue weighted by atomic mass is 9.77. The van der Waals surface area contributed by atoms with Gasteiger partial charge in [0.05, 0.1) is 12.8 Å². The summed E-state index contributed by atoms with van der Waals surface area (Å²) in [6, 6.07) is 6.47. The number of hydrogen-bond donors (Lipinski definition) is 0. The minimum Gasteiger partial charge on any atom is -0.480 e. The second-order valence-electron chi connectivity index (χ2n) is 8.28. The van der Waals surface area contributed by atoms with Crippen molar-refractivity contribution in [2.45, 2.75) is 71.1 Å². The van der Waals surface area contributed by atoms with Crippen molar-refractivity contribution in [3.63, 3.8) is 0 Å². The molecule has 0 atom stereocenters. The number of ether oxygens (including phenoxy) is 1. The Balaban J connectivity index is 1.55. The van der Waals surface area contributed by atoms with Crippen LogP contribution in [-0.2, 0) is 6.42 Å². The molecule has 158 valence electrons. The van der Waals surface area contributed by atoms with Crippen molar-refractivity contribution in [2.75, 3.05) is 7.11 Å². The minimum atomic E-state index is -0.846. The van der Waals surface area contributed by atoms with E-state index in [2.05, 4.69) is 17.1 Å². The first-order valence-electron chi connectivity index (χ1n) is 11.0. The summed E-state index contributed by atoms with van der Waals surface area (Å²) in [5.74, 6) is 0.241. The van der Waals surface area contributed by atoms with Gasteiger partial charge in [0, 0.05) is 11.6 Å². The average Bonchev–Trinajstić information content (AvgIpc) is 2.76. The predicted octanol–water partition coefficient (Wildman–Crippen LogP) is 6.75. The maximum Gasteiger partial charge on any atom is 0.233 e. The van der Waals surface area contributed by atoms with E-state index in [1.165, 1.54) is 58.5 Å². The van der Waals surface area contributed by atoms with Gasteiger partial charge >= 0.3 is 0 Å². The van der Waals surface area contributed by atoms with E-state index in [0.29, 0.717) is 29.5 Å². The van der Waals surface area contributed by atoms with Crippen molar-refractivity contribution in [1.82, 2.24) is 10.2 Å². The largest absolute Gasteiger partial charge is 0.480 e. The third-order valence-corrected chi connectivity index (χ3v) is 6.29. The monoisotopic (exact) mass is 402 g/mol. The van der Waals surface area contributed by atoms with Crippen molar-refractivity contribution in [3.8, 4) is 17.1 Å². The van der Waals surface area contributed by atoms with Crippen LogP contribution in [0, 0.1) is 23.5 Å². The van der Waals surface area contributed by atoms with Gasteiger partial charge in [-0.15, -0.1) is 10.2 Å². The highest BCUT2D eigenvalue weighted by Gasteiger charge is 2.22. The minimum absolute atomic E-state index is 0.133. The Hall–Kier alpha value is -2.04. The molecule has 0 N–H and O–H groups in total. The Morgan fingerprint density at radius 2 is 1.62 bits per heavy atom. The standard InChI is InChI=1S/C24H32F2N2O/c1-3-4-5-6-17-7-9-18(10-8-17)11-12-19-13-14-20(24(26)23(19)25)21-15-16-22(29-2)28-27-21/h13-18H,3-12H2,1-2H3. The number of rotatable bonds is 9. The summed E-state index contributed by atoms with van der Waals surface area (Å²) in [5, 5.41) is 7.76. The molecule has 0 saturated heterocycles. The highest BCUT2D eigenvalue weighted by atomic mass is 19.2. The van der Waals surface area contributed by atoms with Crippen LogP contribution >= 0.6 is 0 Å². The molecule has 1 aromatic carbocycles. The number of benzene rings is 1. The quantitative estimate of drug-likeness (QED) is 0.435. The maximum atomic E-state index is 14.6. The third-order valence-electron chi connectivity index (χ3n) is 6.29. The molecule has 0 radical (unpaired) electrons. The number of aryl methyl sites for hydroxylation is 1. The molecule has 1 aliphatic rings. The first kappa shape index (κ1) is 21.7. The highest BCUT2D eigenvalue weighted by molar-refractivity contribution is 5.60. The van der Waals surface area contributed by atoms with E-state index in [0.717, 1.165) is 12.3 Å². The second kappa shape index (κ2) is 10.7.